The third-order valence-electron chi connectivity index (χ3n) is 3.28. The van der Waals surface area contributed by atoms with Gasteiger partial charge in [-0.15, -0.1) is 0 Å². The van der Waals surface area contributed by atoms with Crippen LogP contribution < -0.4 is 11.1 Å². The van der Waals surface area contributed by atoms with Gasteiger partial charge in [0.2, 0.25) is 5.91 Å². The molecular weight excluding hydrogens is 250 g/mol. The Morgan fingerprint density at radius 1 is 1.47 bits per heavy atom. The summed E-state index contributed by atoms with van der Waals surface area (Å²) in [6.45, 7) is 2.39. The van der Waals surface area contributed by atoms with Gasteiger partial charge in [0.25, 0.3) is 0 Å². The van der Waals surface area contributed by atoms with E-state index in [9.17, 15) is 14.4 Å². The lowest BCUT2D eigenvalue weighted by molar-refractivity contribution is -0.149. The van der Waals surface area contributed by atoms with Crippen molar-refractivity contribution in [2.75, 3.05) is 6.54 Å². The van der Waals surface area contributed by atoms with E-state index in [1.165, 1.54) is 4.90 Å². The minimum atomic E-state index is -1.00. The first kappa shape index (κ1) is 15.3. The van der Waals surface area contributed by atoms with Crippen LogP contribution in [0.3, 0.4) is 0 Å². The molecule has 0 aliphatic carbocycles. The van der Waals surface area contributed by atoms with Crippen molar-refractivity contribution in [3.63, 3.8) is 0 Å². The summed E-state index contributed by atoms with van der Waals surface area (Å²) in [5, 5.41) is 11.5. The average Bonchev–Trinajstić information content (AvgIpc) is 2.82. The smallest absolute Gasteiger partial charge is 0.326 e. The van der Waals surface area contributed by atoms with Gasteiger partial charge >= 0.3 is 12.0 Å². The number of carbonyl (C=O) groups excluding carboxylic acids is 2. The Morgan fingerprint density at radius 3 is 2.68 bits per heavy atom. The van der Waals surface area contributed by atoms with Crippen molar-refractivity contribution in [2.24, 2.45) is 5.73 Å². The Bertz CT molecular complexity index is 359. The number of nitrogens with two attached hydrogens (primary N) is 1. The number of urea groups is 1. The zero-order valence-electron chi connectivity index (χ0n) is 11.1. The predicted octanol–water partition coefficient (Wildman–Crippen LogP) is 0.289. The molecular formula is C12H21N3O4. The predicted molar refractivity (Wildman–Crippen MR) is 68.4 cm³/mol. The number of nitrogens with zero attached hydrogens (tertiary/aromatic N) is 1. The minimum absolute atomic E-state index is 0.350. The van der Waals surface area contributed by atoms with E-state index in [1.54, 1.807) is 0 Å². The summed E-state index contributed by atoms with van der Waals surface area (Å²) in [6.07, 6.45) is 3.24. The zero-order valence-corrected chi connectivity index (χ0v) is 11.1. The number of carboxylic acids is 1. The number of nitrogens with one attached hydrogen (secondary N) is 1. The number of amides is 3. The molecule has 1 fully saturated rings. The molecule has 0 aromatic carbocycles. The summed E-state index contributed by atoms with van der Waals surface area (Å²) in [5.74, 6) is -1.35. The number of likely N-dealkylation sites (tertiary alicyclic amines) is 1. The molecule has 1 saturated heterocycles. The molecule has 4 N–H and O–H groups in total. The lowest BCUT2D eigenvalue weighted by atomic mass is 10.1. The lowest BCUT2D eigenvalue weighted by Gasteiger charge is -2.26. The van der Waals surface area contributed by atoms with Crippen LogP contribution in [0, 0.1) is 0 Å². The van der Waals surface area contributed by atoms with Gasteiger partial charge in [-0.2, -0.15) is 0 Å². The molecule has 0 bridgehead atoms. The Kier molecular flexibility index (Phi) is 5.59. The van der Waals surface area contributed by atoms with Crippen LogP contribution in [-0.2, 0) is 9.59 Å². The van der Waals surface area contributed by atoms with E-state index >= 15 is 0 Å². The van der Waals surface area contributed by atoms with Gasteiger partial charge in [0.15, 0.2) is 0 Å². The highest BCUT2D eigenvalue weighted by Gasteiger charge is 2.37. The molecule has 0 radical (unpaired) electrons. The van der Waals surface area contributed by atoms with Crippen molar-refractivity contribution < 1.29 is 19.5 Å². The van der Waals surface area contributed by atoms with Crippen LogP contribution in [0.1, 0.15) is 39.0 Å². The molecule has 0 aromatic heterocycles. The van der Waals surface area contributed by atoms with E-state index in [1.807, 2.05) is 6.92 Å². The monoisotopic (exact) mass is 271 g/mol. The molecule has 0 spiro atoms. The number of hydrogen-bond acceptors (Lipinski definition) is 3. The van der Waals surface area contributed by atoms with Crippen LogP contribution in [0.4, 0.5) is 4.79 Å². The van der Waals surface area contributed by atoms with E-state index in [-0.39, 0.29) is 5.91 Å². The molecule has 0 aromatic rings. The number of primary amides is 1. The molecule has 3 amide bonds. The largest absolute Gasteiger partial charge is 0.480 e. The van der Waals surface area contributed by atoms with Crippen molar-refractivity contribution in [3.05, 3.63) is 0 Å². The van der Waals surface area contributed by atoms with Crippen LogP contribution in [0.5, 0.6) is 0 Å². The number of unbranched alkanes of at least 4 members (excludes halogenated alkanes) is 1. The number of carbonyl (C=O) groups is 3. The molecule has 7 nitrogen and oxygen atoms in total. The first-order chi connectivity index (χ1) is 8.97. The van der Waals surface area contributed by atoms with Crippen molar-refractivity contribution in [3.8, 4) is 0 Å². The molecule has 1 aliphatic heterocycles. The molecule has 0 saturated carbocycles. The van der Waals surface area contributed by atoms with E-state index in [0.717, 1.165) is 12.8 Å². The summed E-state index contributed by atoms with van der Waals surface area (Å²) < 4.78 is 0. The van der Waals surface area contributed by atoms with Crippen LogP contribution in [-0.4, -0.2) is 46.5 Å². The first-order valence-corrected chi connectivity index (χ1v) is 6.56. The summed E-state index contributed by atoms with van der Waals surface area (Å²) in [7, 11) is 0. The zero-order chi connectivity index (χ0) is 14.4. The summed E-state index contributed by atoms with van der Waals surface area (Å²) >= 11 is 0. The van der Waals surface area contributed by atoms with E-state index in [4.69, 9.17) is 10.8 Å². The van der Waals surface area contributed by atoms with Crippen molar-refractivity contribution in [1.82, 2.24) is 10.2 Å². The normalized spacial score (nSPS) is 20.1. The number of carboxylic acid groups (broad SMARTS) is 1. The molecule has 2 atom stereocenters. The van der Waals surface area contributed by atoms with Gasteiger partial charge in [0.1, 0.15) is 12.1 Å². The van der Waals surface area contributed by atoms with Crippen LogP contribution in [0.25, 0.3) is 0 Å². The maximum Gasteiger partial charge on any atom is 0.326 e. The molecule has 1 unspecified atom stereocenters. The summed E-state index contributed by atoms with van der Waals surface area (Å²) in [6, 6.07) is -2.27. The third-order valence-corrected chi connectivity index (χ3v) is 3.28. The second kappa shape index (κ2) is 6.96. The minimum Gasteiger partial charge on any atom is -0.480 e. The van der Waals surface area contributed by atoms with E-state index in [2.05, 4.69) is 5.32 Å². The third kappa shape index (κ3) is 4.11. The van der Waals surface area contributed by atoms with Crippen LogP contribution in [0.15, 0.2) is 0 Å². The first-order valence-electron chi connectivity index (χ1n) is 6.56. The van der Waals surface area contributed by atoms with Crippen LogP contribution >= 0.6 is 0 Å². The lowest BCUT2D eigenvalue weighted by Crippen LogP contribution is -2.52. The molecule has 108 valence electrons. The molecule has 1 heterocycles. The summed E-state index contributed by atoms with van der Waals surface area (Å²) in [5.41, 5.74) is 5.06. The van der Waals surface area contributed by atoms with Gasteiger partial charge in [-0.1, -0.05) is 19.8 Å². The molecule has 19 heavy (non-hydrogen) atoms. The highest BCUT2D eigenvalue weighted by molar-refractivity contribution is 5.90. The molecule has 1 aliphatic rings. The highest BCUT2D eigenvalue weighted by atomic mass is 16.4. The Morgan fingerprint density at radius 2 is 2.16 bits per heavy atom. The fraction of sp³-hybridized carbons (Fsp3) is 0.750. The van der Waals surface area contributed by atoms with Gasteiger partial charge in [-0.05, 0) is 19.3 Å². The second-order valence-corrected chi connectivity index (χ2v) is 4.73. The Balaban J connectivity index is 2.73. The van der Waals surface area contributed by atoms with E-state index in [0.29, 0.717) is 25.8 Å². The van der Waals surface area contributed by atoms with Crippen molar-refractivity contribution in [1.29, 1.82) is 0 Å². The van der Waals surface area contributed by atoms with Crippen molar-refractivity contribution in [2.45, 2.75) is 51.1 Å². The van der Waals surface area contributed by atoms with Crippen LogP contribution in [0.2, 0.25) is 0 Å². The van der Waals surface area contributed by atoms with Gasteiger partial charge in [-0.25, -0.2) is 9.59 Å². The van der Waals surface area contributed by atoms with Gasteiger partial charge in [0, 0.05) is 6.54 Å². The average molecular weight is 271 g/mol. The fourth-order valence-corrected chi connectivity index (χ4v) is 2.32. The number of hydrogen-bond donors (Lipinski definition) is 3. The van der Waals surface area contributed by atoms with E-state index < -0.39 is 24.1 Å². The SMILES string of the molecule is CCCCC(NC(N)=O)C(=O)N1CCC[C@H]1C(=O)O. The second-order valence-electron chi connectivity index (χ2n) is 4.73. The van der Waals surface area contributed by atoms with Gasteiger partial charge in [-0.3, -0.25) is 4.79 Å². The van der Waals surface area contributed by atoms with Gasteiger partial charge < -0.3 is 21.1 Å². The number of aliphatic carboxylic acids is 1. The maximum absolute atomic E-state index is 12.3. The number of rotatable bonds is 6. The maximum atomic E-state index is 12.3. The Hall–Kier alpha value is -1.79. The highest BCUT2D eigenvalue weighted by Crippen LogP contribution is 2.19. The molecule has 7 heteroatoms. The topological polar surface area (TPSA) is 113 Å². The van der Waals surface area contributed by atoms with Gasteiger partial charge in [0.05, 0.1) is 0 Å². The fourth-order valence-electron chi connectivity index (χ4n) is 2.32. The molecule has 1 rings (SSSR count). The Labute approximate surface area is 112 Å². The standard InChI is InChI=1S/C12H21N3O4/c1-2-3-5-8(14-12(13)19)10(16)15-7-4-6-9(15)11(17)18/h8-9H,2-7H2,1H3,(H,17,18)(H3,13,14,19)/t8?,9-/m0/s1. The van der Waals surface area contributed by atoms with Crippen molar-refractivity contribution >= 4 is 17.9 Å². The summed E-state index contributed by atoms with van der Waals surface area (Å²) in [4.78, 5) is 35.6. The quantitative estimate of drug-likeness (QED) is 0.644.